The third-order valence-corrected chi connectivity index (χ3v) is 6.28. The Labute approximate surface area is 215 Å². The van der Waals surface area contributed by atoms with Gasteiger partial charge in [0.1, 0.15) is 0 Å². The molecule has 0 aliphatic carbocycles. The summed E-state index contributed by atoms with van der Waals surface area (Å²) in [4.78, 5) is 53.3. The van der Waals surface area contributed by atoms with Gasteiger partial charge in [-0.2, -0.15) is 0 Å². The summed E-state index contributed by atoms with van der Waals surface area (Å²) in [6, 6.07) is 0. The smallest absolute Gasteiger partial charge is 0.308 e. The van der Waals surface area contributed by atoms with E-state index in [-0.39, 0.29) is 47.4 Å². The molecule has 10 heteroatoms. The highest BCUT2D eigenvalue weighted by molar-refractivity contribution is 5.80. The van der Waals surface area contributed by atoms with Gasteiger partial charge in [0.05, 0.1) is 51.5 Å². The number of amides is 2. The van der Waals surface area contributed by atoms with E-state index in [1.165, 1.54) is 0 Å². The van der Waals surface area contributed by atoms with Gasteiger partial charge in [0.15, 0.2) is 0 Å². The number of rotatable bonds is 10. The minimum atomic E-state index is -0.352. The Morgan fingerprint density at radius 3 is 1.19 bits per heavy atom. The molecule has 1 saturated heterocycles. The number of hydrogen-bond donors (Lipinski definition) is 0. The lowest BCUT2D eigenvalue weighted by molar-refractivity contribution is -0.149. The van der Waals surface area contributed by atoms with E-state index in [9.17, 15) is 19.2 Å². The van der Waals surface area contributed by atoms with Crippen LogP contribution in [0.2, 0.25) is 0 Å². The van der Waals surface area contributed by atoms with Crippen molar-refractivity contribution in [3.05, 3.63) is 0 Å². The average molecular weight is 515 g/mol. The average Bonchev–Trinajstić information content (AvgIpc) is 2.83. The van der Waals surface area contributed by atoms with Crippen LogP contribution < -0.4 is 0 Å². The van der Waals surface area contributed by atoms with Crippen LogP contribution in [0.15, 0.2) is 0 Å². The van der Waals surface area contributed by atoms with Gasteiger partial charge in [-0.25, -0.2) is 0 Å². The third kappa shape index (κ3) is 11.2. The molecule has 0 saturated carbocycles. The standard InChI is InChI=1S/C26H46N2O8/c1-7-35-25(31)21(5)17-19(3)23(29)27-9-13-33-15-11-28(12-16-34-14-10-27)24(30)20(4)18-22(6)26(32)36-8-2/h19-22H,7-18H2,1-6H3/t19-,20-,21-,22+/m1/s1. The Bertz CT molecular complexity index is 631. The maximum atomic E-state index is 13.0. The summed E-state index contributed by atoms with van der Waals surface area (Å²) in [6.45, 7) is 14.3. The Morgan fingerprint density at radius 2 is 0.917 bits per heavy atom. The zero-order chi connectivity index (χ0) is 27.1. The van der Waals surface area contributed by atoms with E-state index in [1.54, 1.807) is 37.5 Å². The molecule has 0 radical (unpaired) electrons. The van der Waals surface area contributed by atoms with Crippen LogP contribution in [-0.4, -0.2) is 99.4 Å². The zero-order valence-electron chi connectivity index (χ0n) is 23.0. The first-order chi connectivity index (χ1) is 17.1. The summed E-state index contributed by atoms with van der Waals surface area (Å²) in [6.07, 6.45) is 0.833. The molecule has 1 aliphatic heterocycles. The van der Waals surface area contributed by atoms with Gasteiger partial charge in [-0.3, -0.25) is 19.2 Å². The van der Waals surface area contributed by atoms with Crippen LogP contribution in [0.4, 0.5) is 0 Å². The molecular weight excluding hydrogens is 468 g/mol. The predicted octanol–water partition coefficient (Wildman–Crippen LogP) is 2.14. The topological polar surface area (TPSA) is 112 Å². The second-order valence-corrected chi connectivity index (χ2v) is 9.46. The first kappa shape index (κ1) is 31.8. The minimum absolute atomic E-state index is 0.0447. The van der Waals surface area contributed by atoms with Gasteiger partial charge >= 0.3 is 11.9 Å². The maximum absolute atomic E-state index is 13.0. The molecule has 0 N–H and O–H groups in total. The third-order valence-electron chi connectivity index (χ3n) is 6.28. The van der Waals surface area contributed by atoms with Crippen molar-refractivity contribution < 1.29 is 38.1 Å². The van der Waals surface area contributed by atoms with Crippen molar-refractivity contribution in [1.29, 1.82) is 0 Å². The van der Waals surface area contributed by atoms with Gasteiger partial charge < -0.3 is 28.7 Å². The first-order valence-corrected chi connectivity index (χ1v) is 13.2. The molecule has 208 valence electrons. The normalized spacial score (nSPS) is 19.2. The number of nitrogens with zero attached hydrogens (tertiary/aromatic N) is 2. The molecule has 0 aromatic carbocycles. The molecule has 0 spiro atoms. The summed E-state index contributed by atoms with van der Waals surface area (Å²) in [5.74, 6) is -2.03. The highest BCUT2D eigenvalue weighted by Gasteiger charge is 2.27. The van der Waals surface area contributed by atoms with Gasteiger partial charge in [0.2, 0.25) is 11.8 Å². The fourth-order valence-electron chi connectivity index (χ4n) is 4.21. The molecule has 1 fully saturated rings. The van der Waals surface area contributed by atoms with E-state index < -0.39 is 0 Å². The Hall–Kier alpha value is -2.20. The molecule has 1 rings (SSSR count). The molecule has 36 heavy (non-hydrogen) atoms. The lowest BCUT2D eigenvalue weighted by atomic mass is 9.96. The van der Waals surface area contributed by atoms with Gasteiger partial charge in [0, 0.05) is 38.0 Å². The number of carbonyl (C=O) groups is 4. The van der Waals surface area contributed by atoms with E-state index in [4.69, 9.17) is 18.9 Å². The molecule has 0 aromatic rings. The van der Waals surface area contributed by atoms with E-state index in [1.807, 2.05) is 13.8 Å². The molecule has 4 atom stereocenters. The second-order valence-electron chi connectivity index (χ2n) is 9.46. The fraction of sp³-hybridized carbons (Fsp3) is 0.846. The number of esters is 2. The summed E-state index contributed by atoms with van der Waals surface area (Å²) in [5, 5.41) is 0. The predicted molar refractivity (Wildman–Crippen MR) is 134 cm³/mol. The SMILES string of the molecule is CCOC(=O)[C@H](C)C[C@@H](C)C(=O)N1CCOCCN(C(=O)[C@H](C)C[C@H](C)C(=O)OCC)CCOCC1. The van der Waals surface area contributed by atoms with E-state index >= 15 is 0 Å². The Morgan fingerprint density at radius 1 is 0.611 bits per heavy atom. The second kappa shape index (κ2) is 17.3. The summed E-state index contributed by atoms with van der Waals surface area (Å²) in [5.41, 5.74) is 0. The number of ether oxygens (including phenoxy) is 4. The molecule has 1 aliphatic rings. The van der Waals surface area contributed by atoms with Crippen molar-refractivity contribution >= 4 is 23.8 Å². The van der Waals surface area contributed by atoms with Crippen molar-refractivity contribution in [3.63, 3.8) is 0 Å². The van der Waals surface area contributed by atoms with Gasteiger partial charge in [-0.1, -0.05) is 27.7 Å². The van der Waals surface area contributed by atoms with Crippen LogP contribution in [0.5, 0.6) is 0 Å². The van der Waals surface area contributed by atoms with Gasteiger partial charge in [0.25, 0.3) is 0 Å². The van der Waals surface area contributed by atoms with Crippen molar-refractivity contribution in [3.8, 4) is 0 Å². The van der Waals surface area contributed by atoms with Crippen LogP contribution in [0.3, 0.4) is 0 Å². The van der Waals surface area contributed by atoms with Crippen molar-refractivity contribution in [2.24, 2.45) is 23.7 Å². The lowest BCUT2D eigenvalue weighted by Gasteiger charge is -2.29. The Kier molecular flexibility index (Phi) is 15.3. The molecule has 2 amide bonds. The highest BCUT2D eigenvalue weighted by atomic mass is 16.5. The molecule has 0 unspecified atom stereocenters. The summed E-state index contributed by atoms with van der Waals surface area (Å²) < 4.78 is 21.6. The maximum Gasteiger partial charge on any atom is 0.308 e. The highest BCUT2D eigenvalue weighted by Crippen LogP contribution is 2.18. The molecule has 0 aromatic heterocycles. The molecule has 10 nitrogen and oxygen atoms in total. The van der Waals surface area contributed by atoms with Crippen molar-refractivity contribution in [2.75, 3.05) is 65.8 Å². The largest absolute Gasteiger partial charge is 0.466 e. The van der Waals surface area contributed by atoms with E-state index in [0.29, 0.717) is 78.7 Å². The van der Waals surface area contributed by atoms with Crippen LogP contribution in [0.25, 0.3) is 0 Å². The fourth-order valence-corrected chi connectivity index (χ4v) is 4.21. The quantitative estimate of drug-likeness (QED) is 0.408. The molecular formula is C26H46N2O8. The molecule has 1 heterocycles. The van der Waals surface area contributed by atoms with Gasteiger partial charge in [-0.15, -0.1) is 0 Å². The number of hydrogen-bond acceptors (Lipinski definition) is 8. The van der Waals surface area contributed by atoms with Crippen LogP contribution in [0, 0.1) is 23.7 Å². The zero-order valence-corrected chi connectivity index (χ0v) is 23.0. The van der Waals surface area contributed by atoms with Gasteiger partial charge in [-0.05, 0) is 26.7 Å². The van der Waals surface area contributed by atoms with Crippen molar-refractivity contribution in [2.45, 2.75) is 54.4 Å². The monoisotopic (exact) mass is 514 g/mol. The van der Waals surface area contributed by atoms with Crippen LogP contribution in [-0.2, 0) is 38.1 Å². The molecule has 0 bridgehead atoms. The van der Waals surface area contributed by atoms with E-state index in [0.717, 1.165) is 0 Å². The summed E-state index contributed by atoms with van der Waals surface area (Å²) >= 11 is 0. The first-order valence-electron chi connectivity index (χ1n) is 13.2. The van der Waals surface area contributed by atoms with Crippen LogP contribution in [0.1, 0.15) is 54.4 Å². The van der Waals surface area contributed by atoms with Crippen molar-refractivity contribution in [1.82, 2.24) is 9.80 Å². The Balaban J connectivity index is 2.60. The minimum Gasteiger partial charge on any atom is -0.466 e. The lowest BCUT2D eigenvalue weighted by Crippen LogP contribution is -2.43. The van der Waals surface area contributed by atoms with E-state index in [2.05, 4.69) is 0 Å². The number of carbonyl (C=O) groups excluding carboxylic acids is 4. The van der Waals surface area contributed by atoms with Crippen LogP contribution >= 0.6 is 0 Å². The summed E-state index contributed by atoms with van der Waals surface area (Å²) in [7, 11) is 0.